The number of amides is 1. The van der Waals surface area contributed by atoms with Crippen molar-refractivity contribution in [3.8, 4) is 11.8 Å². The van der Waals surface area contributed by atoms with Crippen LogP contribution in [0.1, 0.15) is 67.2 Å². The summed E-state index contributed by atoms with van der Waals surface area (Å²) in [4.78, 5) is 13.0. The molecule has 1 aliphatic carbocycles. The number of nitriles is 1. The molecule has 5 atom stereocenters. The third-order valence-electron chi connectivity index (χ3n) is 7.36. The van der Waals surface area contributed by atoms with Gasteiger partial charge >= 0.3 is 0 Å². The molecule has 1 amide bonds. The summed E-state index contributed by atoms with van der Waals surface area (Å²) in [5.41, 5.74) is 3.59. The summed E-state index contributed by atoms with van der Waals surface area (Å²) in [7, 11) is 0. The molecular formula is C25H28N2O2. The maximum atomic E-state index is 13.0. The van der Waals surface area contributed by atoms with Gasteiger partial charge in [0.1, 0.15) is 5.75 Å². The van der Waals surface area contributed by atoms with E-state index in [-0.39, 0.29) is 40.9 Å². The normalized spacial score (nSPS) is 31.0. The molecule has 29 heavy (non-hydrogen) atoms. The summed E-state index contributed by atoms with van der Waals surface area (Å²) in [6.07, 6.45) is 2.50. The Morgan fingerprint density at radius 3 is 2.62 bits per heavy atom. The van der Waals surface area contributed by atoms with E-state index in [0.717, 1.165) is 24.8 Å². The van der Waals surface area contributed by atoms with Gasteiger partial charge in [-0.15, -0.1) is 0 Å². The number of nitrogens with one attached hydrogen (secondary N) is 1. The molecular weight excluding hydrogens is 360 g/mol. The van der Waals surface area contributed by atoms with Gasteiger partial charge in [-0.05, 0) is 68.2 Å². The second-order valence-electron chi connectivity index (χ2n) is 8.76. The smallest absolute Gasteiger partial charge is 0.226 e. The number of carbonyl (C=O) groups excluding carboxylic acids is 1. The van der Waals surface area contributed by atoms with Crippen LogP contribution in [0.4, 0.5) is 0 Å². The Bertz CT molecular complexity index is 975. The van der Waals surface area contributed by atoms with E-state index < -0.39 is 0 Å². The molecule has 4 nitrogen and oxygen atoms in total. The Kier molecular flexibility index (Phi) is 4.86. The number of nitrogens with zero attached hydrogens (tertiary/aromatic N) is 1. The Hall–Kier alpha value is -2.80. The van der Waals surface area contributed by atoms with Crippen molar-refractivity contribution < 1.29 is 9.90 Å². The Morgan fingerprint density at radius 2 is 1.97 bits per heavy atom. The third-order valence-corrected chi connectivity index (χ3v) is 7.36. The van der Waals surface area contributed by atoms with Crippen LogP contribution < -0.4 is 5.32 Å². The number of hydrogen-bond acceptors (Lipinski definition) is 3. The minimum absolute atomic E-state index is 0.0826. The van der Waals surface area contributed by atoms with E-state index >= 15 is 0 Å². The summed E-state index contributed by atoms with van der Waals surface area (Å²) in [6.45, 7) is 6.32. The standard InChI is InChI=1S/C25H28N2O2/c1-4-25-12-11-21(20-10-9-19(28)13-18(20)14-26)22(17-7-5-15(2)6-8-17)23(25)16(3)27-24(25)29/h5-10,13,16,21-23,28H,4,11-12H2,1-3H3,(H,27,29)/t16-,21+,22+,23?,25-/m1/s1. The van der Waals surface area contributed by atoms with Crippen molar-refractivity contribution in [3.05, 3.63) is 64.7 Å². The van der Waals surface area contributed by atoms with Gasteiger partial charge in [-0.2, -0.15) is 5.26 Å². The number of hydrogen-bond donors (Lipinski definition) is 2. The molecule has 1 unspecified atom stereocenters. The van der Waals surface area contributed by atoms with Crippen molar-refractivity contribution in [2.24, 2.45) is 11.3 Å². The number of rotatable bonds is 3. The molecule has 2 N–H and O–H groups in total. The van der Waals surface area contributed by atoms with Gasteiger partial charge in [0.25, 0.3) is 0 Å². The van der Waals surface area contributed by atoms with E-state index in [9.17, 15) is 15.2 Å². The highest BCUT2D eigenvalue weighted by Crippen LogP contribution is 2.60. The highest BCUT2D eigenvalue weighted by atomic mass is 16.3. The molecule has 0 spiro atoms. The van der Waals surface area contributed by atoms with Crippen LogP contribution in [0.2, 0.25) is 0 Å². The largest absolute Gasteiger partial charge is 0.508 e. The molecule has 0 aromatic heterocycles. The molecule has 4 rings (SSSR count). The molecule has 4 heteroatoms. The van der Waals surface area contributed by atoms with Gasteiger partial charge in [-0.3, -0.25) is 4.79 Å². The van der Waals surface area contributed by atoms with Crippen molar-refractivity contribution >= 4 is 5.91 Å². The fourth-order valence-electron chi connectivity index (χ4n) is 5.96. The fraction of sp³-hybridized carbons (Fsp3) is 0.440. The fourth-order valence-corrected chi connectivity index (χ4v) is 5.96. The predicted octanol–water partition coefficient (Wildman–Crippen LogP) is 4.76. The number of carbonyl (C=O) groups is 1. The zero-order chi connectivity index (χ0) is 20.8. The van der Waals surface area contributed by atoms with Crippen molar-refractivity contribution in [2.75, 3.05) is 0 Å². The van der Waals surface area contributed by atoms with E-state index in [1.54, 1.807) is 12.1 Å². The summed E-state index contributed by atoms with van der Waals surface area (Å²) >= 11 is 0. The van der Waals surface area contributed by atoms with Gasteiger partial charge in [0.15, 0.2) is 0 Å². The first-order valence-electron chi connectivity index (χ1n) is 10.5. The second kappa shape index (κ2) is 7.22. The zero-order valence-electron chi connectivity index (χ0n) is 17.3. The van der Waals surface area contributed by atoms with Gasteiger partial charge in [0.2, 0.25) is 5.91 Å². The molecule has 1 saturated heterocycles. The highest BCUT2D eigenvalue weighted by molar-refractivity contribution is 5.86. The lowest BCUT2D eigenvalue weighted by Crippen LogP contribution is -2.44. The van der Waals surface area contributed by atoms with Crippen LogP contribution in [-0.2, 0) is 4.79 Å². The zero-order valence-corrected chi connectivity index (χ0v) is 17.3. The lowest BCUT2D eigenvalue weighted by atomic mass is 9.54. The van der Waals surface area contributed by atoms with Crippen LogP contribution in [0.25, 0.3) is 0 Å². The average Bonchev–Trinajstić information content (AvgIpc) is 2.98. The Morgan fingerprint density at radius 1 is 1.24 bits per heavy atom. The van der Waals surface area contributed by atoms with Crippen LogP contribution in [-0.4, -0.2) is 17.1 Å². The van der Waals surface area contributed by atoms with Crippen LogP contribution >= 0.6 is 0 Å². The summed E-state index contributed by atoms with van der Waals surface area (Å²) in [6, 6.07) is 16.1. The van der Waals surface area contributed by atoms with Crippen LogP contribution in [0.15, 0.2) is 42.5 Å². The van der Waals surface area contributed by atoms with E-state index in [4.69, 9.17) is 0 Å². The summed E-state index contributed by atoms with van der Waals surface area (Å²) < 4.78 is 0. The third kappa shape index (κ3) is 3.00. The molecule has 1 aliphatic heterocycles. The van der Waals surface area contributed by atoms with Crippen molar-refractivity contribution in [3.63, 3.8) is 0 Å². The first kappa shape index (κ1) is 19.5. The molecule has 1 heterocycles. The first-order chi connectivity index (χ1) is 13.9. The van der Waals surface area contributed by atoms with Crippen LogP contribution in [0, 0.1) is 29.6 Å². The van der Waals surface area contributed by atoms with Gasteiger partial charge in [-0.25, -0.2) is 0 Å². The number of fused-ring (bicyclic) bond motifs is 1. The number of phenolic OH excluding ortho intramolecular Hbond substituents is 1. The molecule has 2 fully saturated rings. The van der Waals surface area contributed by atoms with E-state index in [1.165, 1.54) is 11.1 Å². The Balaban J connectivity index is 1.89. The first-order valence-corrected chi connectivity index (χ1v) is 10.5. The minimum atomic E-state index is -0.352. The van der Waals surface area contributed by atoms with Gasteiger partial charge in [0, 0.05) is 12.0 Å². The maximum absolute atomic E-state index is 13.0. The van der Waals surface area contributed by atoms with Gasteiger partial charge in [0.05, 0.1) is 17.0 Å². The lowest BCUT2D eigenvalue weighted by Gasteiger charge is -2.47. The topological polar surface area (TPSA) is 73.1 Å². The highest BCUT2D eigenvalue weighted by Gasteiger charge is 2.59. The molecule has 2 aliphatic rings. The second-order valence-corrected chi connectivity index (χ2v) is 8.76. The Labute approximate surface area is 172 Å². The average molecular weight is 389 g/mol. The van der Waals surface area contributed by atoms with E-state index in [0.29, 0.717) is 5.56 Å². The van der Waals surface area contributed by atoms with Gasteiger partial charge in [-0.1, -0.05) is 42.8 Å². The molecule has 1 saturated carbocycles. The quantitative estimate of drug-likeness (QED) is 0.796. The molecule has 0 radical (unpaired) electrons. The van der Waals surface area contributed by atoms with Crippen molar-refractivity contribution in [2.45, 2.75) is 57.9 Å². The van der Waals surface area contributed by atoms with Crippen LogP contribution in [0.5, 0.6) is 5.75 Å². The number of aromatic hydroxyl groups is 1. The number of benzene rings is 2. The molecule has 2 aromatic rings. The van der Waals surface area contributed by atoms with Crippen molar-refractivity contribution in [1.29, 1.82) is 5.26 Å². The summed E-state index contributed by atoms with van der Waals surface area (Å²) in [5, 5.41) is 22.8. The van der Waals surface area contributed by atoms with Gasteiger partial charge < -0.3 is 10.4 Å². The molecule has 150 valence electrons. The SMILES string of the molecule is CC[C@@]12CC[C@@H](c3ccc(O)cc3C#N)[C@H](c3ccc(C)cc3)C1[C@@H](C)NC2=O. The monoisotopic (exact) mass is 388 g/mol. The van der Waals surface area contributed by atoms with E-state index in [1.807, 2.05) is 6.07 Å². The lowest BCUT2D eigenvalue weighted by molar-refractivity contribution is -0.131. The molecule has 0 bridgehead atoms. The van der Waals surface area contributed by atoms with Crippen LogP contribution in [0.3, 0.4) is 0 Å². The summed E-state index contributed by atoms with van der Waals surface area (Å²) in [5.74, 6) is 0.728. The molecule has 2 aromatic carbocycles. The van der Waals surface area contributed by atoms with Crippen molar-refractivity contribution in [1.82, 2.24) is 5.32 Å². The number of phenols is 1. The number of aryl methyl sites for hydroxylation is 1. The maximum Gasteiger partial charge on any atom is 0.226 e. The van der Waals surface area contributed by atoms with E-state index in [2.05, 4.69) is 56.4 Å². The minimum Gasteiger partial charge on any atom is -0.508 e. The predicted molar refractivity (Wildman–Crippen MR) is 113 cm³/mol.